The lowest BCUT2D eigenvalue weighted by Crippen LogP contribution is -2.21. The molecule has 5 nitrogen and oxygen atoms in total. The van der Waals surface area contributed by atoms with Crippen LogP contribution in [0, 0.1) is 0 Å². The molecule has 26 heavy (non-hydrogen) atoms. The van der Waals surface area contributed by atoms with Gasteiger partial charge < -0.3 is 10.1 Å². The zero-order valence-electron chi connectivity index (χ0n) is 13.0. The third kappa shape index (κ3) is 4.02. The fraction of sp³-hybridized carbons (Fsp3) is 0.118. The highest BCUT2D eigenvalue weighted by molar-refractivity contribution is 6.33. The van der Waals surface area contributed by atoms with Gasteiger partial charge in [-0.25, -0.2) is 9.97 Å². The fourth-order valence-electron chi connectivity index (χ4n) is 2.21. The minimum atomic E-state index is -4.54. The van der Waals surface area contributed by atoms with Gasteiger partial charge in [-0.05, 0) is 30.3 Å². The maximum absolute atomic E-state index is 12.8. The normalized spacial score (nSPS) is 11.4. The lowest BCUT2D eigenvalue weighted by Gasteiger charge is -2.12. The standard InChI is InChI=1S/C17H11ClF3N3O2/c18-12-6-5-10(17(19,20)21)7-14(12)24-15(25)8-26-16-11-3-1-2-4-13(11)22-9-23-16/h1-7,9H,8H2,(H,24,25). The molecule has 1 aromatic heterocycles. The van der Waals surface area contributed by atoms with Crippen molar-refractivity contribution in [2.45, 2.75) is 6.18 Å². The number of nitrogens with one attached hydrogen (secondary N) is 1. The first-order valence-electron chi connectivity index (χ1n) is 7.34. The summed E-state index contributed by atoms with van der Waals surface area (Å²) in [7, 11) is 0. The maximum atomic E-state index is 12.8. The Morgan fingerprint density at radius 1 is 1.15 bits per heavy atom. The average molecular weight is 382 g/mol. The summed E-state index contributed by atoms with van der Waals surface area (Å²) in [5.74, 6) is -0.477. The molecule has 2 aromatic carbocycles. The van der Waals surface area contributed by atoms with Gasteiger partial charge in [-0.15, -0.1) is 0 Å². The highest BCUT2D eigenvalue weighted by Crippen LogP contribution is 2.33. The van der Waals surface area contributed by atoms with E-state index in [4.69, 9.17) is 16.3 Å². The molecule has 0 aliphatic heterocycles. The molecule has 0 radical (unpaired) electrons. The number of hydrogen-bond acceptors (Lipinski definition) is 4. The second-order valence-electron chi connectivity index (χ2n) is 5.23. The zero-order chi connectivity index (χ0) is 18.7. The molecular weight excluding hydrogens is 371 g/mol. The number of benzene rings is 2. The number of ether oxygens (including phenoxy) is 1. The Hall–Kier alpha value is -2.87. The molecule has 1 heterocycles. The lowest BCUT2D eigenvalue weighted by molar-refractivity contribution is -0.137. The molecule has 0 atom stereocenters. The number of anilines is 1. The van der Waals surface area contributed by atoms with Crippen molar-refractivity contribution in [1.82, 2.24) is 9.97 Å². The van der Waals surface area contributed by atoms with Gasteiger partial charge in [-0.1, -0.05) is 23.7 Å². The summed E-state index contributed by atoms with van der Waals surface area (Å²) >= 11 is 5.84. The predicted octanol–water partition coefficient (Wildman–Crippen LogP) is 4.32. The molecule has 0 unspecified atom stereocenters. The van der Waals surface area contributed by atoms with Crippen LogP contribution in [-0.4, -0.2) is 22.5 Å². The Kier molecular flexibility index (Phi) is 4.94. The van der Waals surface area contributed by atoms with E-state index in [1.165, 1.54) is 6.33 Å². The van der Waals surface area contributed by atoms with Crippen LogP contribution in [0.3, 0.4) is 0 Å². The van der Waals surface area contributed by atoms with Crippen molar-refractivity contribution < 1.29 is 22.7 Å². The number of carbonyl (C=O) groups is 1. The van der Waals surface area contributed by atoms with Gasteiger partial charge in [0.2, 0.25) is 5.88 Å². The summed E-state index contributed by atoms with van der Waals surface area (Å²) in [6.07, 6.45) is -3.25. The predicted molar refractivity (Wildman–Crippen MR) is 90.1 cm³/mol. The lowest BCUT2D eigenvalue weighted by atomic mass is 10.2. The highest BCUT2D eigenvalue weighted by atomic mass is 35.5. The molecule has 0 bridgehead atoms. The Morgan fingerprint density at radius 3 is 2.69 bits per heavy atom. The second-order valence-corrected chi connectivity index (χ2v) is 5.63. The number of halogens is 4. The van der Waals surface area contributed by atoms with Crippen LogP contribution in [-0.2, 0) is 11.0 Å². The van der Waals surface area contributed by atoms with E-state index in [1.807, 2.05) is 0 Å². The molecule has 0 aliphatic carbocycles. The first-order valence-corrected chi connectivity index (χ1v) is 7.71. The summed E-state index contributed by atoms with van der Waals surface area (Å²) in [6.45, 7) is -0.451. The van der Waals surface area contributed by atoms with Gasteiger partial charge in [0, 0.05) is 0 Å². The summed E-state index contributed by atoms with van der Waals surface area (Å²) < 4.78 is 43.6. The fourth-order valence-corrected chi connectivity index (χ4v) is 2.38. The zero-order valence-corrected chi connectivity index (χ0v) is 13.8. The van der Waals surface area contributed by atoms with Crippen LogP contribution in [0.5, 0.6) is 5.88 Å². The number of amides is 1. The van der Waals surface area contributed by atoms with Crippen molar-refractivity contribution in [3.63, 3.8) is 0 Å². The quantitative estimate of drug-likeness (QED) is 0.731. The summed E-state index contributed by atoms with van der Waals surface area (Å²) in [5.41, 5.74) is -0.429. The van der Waals surface area contributed by atoms with Crippen LogP contribution in [0.2, 0.25) is 5.02 Å². The third-order valence-electron chi connectivity index (χ3n) is 3.41. The highest BCUT2D eigenvalue weighted by Gasteiger charge is 2.31. The SMILES string of the molecule is O=C(COc1ncnc2ccccc12)Nc1cc(C(F)(F)F)ccc1Cl. The number of fused-ring (bicyclic) bond motifs is 1. The average Bonchev–Trinajstić information content (AvgIpc) is 2.61. The van der Waals surface area contributed by atoms with Crippen molar-refractivity contribution in [3.8, 4) is 5.88 Å². The number of nitrogens with zero attached hydrogens (tertiary/aromatic N) is 2. The minimum Gasteiger partial charge on any atom is -0.467 e. The van der Waals surface area contributed by atoms with Gasteiger partial charge in [0.05, 0.1) is 27.2 Å². The third-order valence-corrected chi connectivity index (χ3v) is 3.74. The van der Waals surface area contributed by atoms with Gasteiger partial charge in [0.15, 0.2) is 6.61 Å². The first-order chi connectivity index (χ1) is 12.3. The number of rotatable bonds is 4. The summed E-state index contributed by atoms with van der Waals surface area (Å²) in [6, 6.07) is 9.71. The largest absolute Gasteiger partial charge is 0.467 e. The van der Waals surface area contributed by atoms with E-state index in [1.54, 1.807) is 24.3 Å². The number of alkyl halides is 3. The molecule has 1 amide bonds. The van der Waals surface area contributed by atoms with Crippen molar-refractivity contribution in [3.05, 3.63) is 59.4 Å². The number of para-hydroxylation sites is 1. The minimum absolute atomic E-state index is 0.0150. The number of carbonyl (C=O) groups excluding carboxylic acids is 1. The molecule has 0 saturated heterocycles. The Labute approximate surface area is 150 Å². The van der Waals surface area contributed by atoms with Crippen molar-refractivity contribution >= 4 is 34.1 Å². The Bertz CT molecular complexity index is 958. The monoisotopic (exact) mass is 381 g/mol. The Balaban J connectivity index is 1.71. The van der Waals surface area contributed by atoms with Crippen LogP contribution in [0.1, 0.15) is 5.56 Å². The van der Waals surface area contributed by atoms with E-state index in [2.05, 4.69) is 15.3 Å². The van der Waals surface area contributed by atoms with Gasteiger partial charge >= 0.3 is 6.18 Å². The molecule has 3 aromatic rings. The van der Waals surface area contributed by atoms with E-state index in [0.717, 1.165) is 18.2 Å². The molecular formula is C17H11ClF3N3O2. The van der Waals surface area contributed by atoms with Crippen LogP contribution in [0.4, 0.5) is 18.9 Å². The molecule has 0 fully saturated rings. The summed E-state index contributed by atoms with van der Waals surface area (Å²) in [4.78, 5) is 20.0. The number of aromatic nitrogens is 2. The van der Waals surface area contributed by atoms with E-state index < -0.39 is 24.3 Å². The molecule has 1 N–H and O–H groups in total. The topological polar surface area (TPSA) is 64.1 Å². The molecule has 0 aliphatic rings. The van der Waals surface area contributed by atoms with Crippen molar-refractivity contribution in [2.24, 2.45) is 0 Å². The molecule has 0 spiro atoms. The van der Waals surface area contributed by atoms with E-state index in [9.17, 15) is 18.0 Å². The van der Waals surface area contributed by atoms with Gasteiger partial charge in [-0.3, -0.25) is 4.79 Å². The van der Waals surface area contributed by atoms with E-state index in [-0.39, 0.29) is 16.6 Å². The van der Waals surface area contributed by atoms with Crippen LogP contribution >= 0.6 is 11.6 Å². The molecule has 0 saturated carbocycles. The smallest absolute Gasteiger partial charge is 0.416 e. The van der Waals surface area contributed by atoms with Crippen molar-refractivity contribution in [1.29, 1.82) is 0 Å². The van der Waals surface area contributed by atoms with Gasteiger partial charge in [0.1, 0.15) is 6.33 Å². The van der Waals surface area contributed by atoms with Gasteiger partial charge in [0.25, 0.3) is 5.91 Å². The van der Waals surface area contributed by atoms with Crippen molar-refractivity contribution in [2.75, 3.05) is 11.9 Å². The molecule has 9 heteroatoms. The van der Waals surface area contributed by atoms with Crippen LogP contribution in [0.15, 0.2) is 48.8 Å². The second kappa shape index (κ2) is 7.17. The number of hydrogen-bond donors (Lipinski definition) is 1. The summed E-state index contributed by atoms with van der Waals surface area (Å²) in [5, 5.41) is 2.90. The first kappa shape index (κ1) is 17.9. The van der Waals surface area contributed by atoms with E-state index >= 15 is 0 Å². The van der Waals surface area contributed by atoms with E-state index in [0.29, 0.717) is 10.9 Å². The van der Waals surface area contributed by atoms with Crippen LogP contribution in [0.25, 0.3) is 10.9 Å². The Morgan fingerprint density at radius 2 is 1.92 bits per heavy atom. The molecule has 3 rings (SSSR count). The molecule has 134 valence electrons. The van der Waals surface area contributed by atoms with Crippen LogP contribution < -0.4 is 10.1 Å². The maximum Gasteiger partial charge on any atom is 0.416 e. The van der Waals surface area contributed by atoms with Gasteiger partial charge in [-0.2, -0.15) is 13.2 Å².